The van der Waals surface area contributed by atoms with Gasteiger partial charge in [-0.1, -0.05) is 11.8 Å². The summed E-state index contributed by atoms with van der Waals surface area (Å²) in [5.74, 6) is 2.60. The van der Waals surface area contributed by atoms with Gasteiger partial charge >= 0.3 is 0 Å². The minimum Gasteiger partial charge on any atom is -0.494 e. The molecule has 0 N–H and O–H groups in total. The molecule has 0 aliphatic carbocycles. The molecule has 4 rings (SSSR count). The molecule has 3 aromatic rings. The Hall–Kier alpha value is -3.00. The van der Waals surface area contributed by atoms with Gasteiger partial charge < -0.3 is 18.6 Å². The first-order chi connectivity index (χ1) is 14.2. The highest BCUT2D eigenvalue weighted by atomic mass is 32.2. The fraction of sp³-hybridized carbons (Fsp3) is 0.286. The van der Waals surface area contributed by atoms with Crippen LogP contribution in [0.5, 0.6) is 17.2 Å². The SMILES string of the molecule is CCOc1ccc(-c2nnc(SCC(=O)c3ccc4c(c3)OCCCO4)o2)cc1. The highest BCUT2D eigenvalue weighted by Crippen LogP contribution is 2.31. The van der Waals surface area contributed by atoms with Gasteiger partial charge in [0.25, 0.3) is 5.22 Å². The highest BCUT2D eigenvalue weighted by Gasteiger charge is 2.16. The molecule has 150 valence electrons. The lowest BCUT2D eigenvalue weighted by atomic mass is 10.1. The Kier molecular flexibility index (Phi) is 6.00. The van der Waals surface area contributed by atoms with E-state index in [1.807, 2.05) is 31.2 Å². The number of ketones is 1. The zero-order valence-corrected chi connectivity index (χ0v) is 16.7. The number of fused-ring (bicyclic) bond motifs is 1. The topological polar surface area (TPSA) is 83.7 Å². The Morgan fingerprint density at radius 2 is 1.86 bits per heavy atom. The number of rotatable bonds is 7. The zero-order chi connectivity index (χ0) is 20.1. The largest absolute Gasteiger partial charge is 0.494 e. The average molecular weight is 412 g/mol. The first kappa shape index (κ1) is 19.3. The molecule has 0 unspecified atom stereocenters. The Morgan fingerprint density at radius 1 is 1.07 bits per heavy atom. The standard InChI is InChI=1S/C21H20N2O5S/c1-2-25-16-7-4-14(5-8-16)20-22-23-21(28-20)29-13-17(24)15-6-9-18-19(12-15)27-11-3-10-26-18/h4-9,12H,2-3,10-11,13H2,1H3. The summed E-state index contributed by atoms with van der Waals surface area (Å²) in [5.41, 5.74) is 1.36. The molecule has 1 aliphatic rings. The van der Waals surface area contributed by atoms with Crippen molar-refractivity contribution in [1.82, 2.24) is 10.2 Å². The van der Waals surface area contributed by atoms with E-state index < -0.39 is 0 Å². The molecule has 2 aromatic carbocycles. The molecular formula is C21H20N2O5S. The number of ether oxygens (including phenoxy) is 3. The smallest absolute Gasteiger partial charge is 0.277 e. The first-order valence-corrected chi connectivity index (χ1v) is 10.3. The summed E-state index contributed by atoms with van der Waals surface area (Å²) >= 11 is 1.21. The van der Waals surface area contributed by atoms with Crippen molar-refractivity contribution >= 4 is 17.5 Å². The van der Waals surface area contributed by atoms with Crippen molar-refractivity contribution in [3.63, 3.8) is 0 Å². The molecular weight excluding hydrogens is 392 g/mol. The summed E-state index contributed by atoms with van der Waals surface area (Å²) < 4.78 is 22.3. The van der Waals surface area contributed by atoms with Gasteiger partial charge in [-0.2, -0.15) is 0 Å². The van der Waals surface area contributed by atoms with E-state index in [0.717, 1.165) is 17.7 Å². The summed E-state index contributed by atoms with van der Waals surface area (Å²) in [6, 6.07) is 12.7. The van der Waals surface area contributed by atoms with E-state index in [4.69, 9.17) is 18.6 Å². The van der Waals surface area contributed by atoms with Gasteiger partial charge in [-0.25, -0.2) is 0 Å². The number of Topliss-reactive ketones (excluding diaryl/α,β-unsaturated/α-hetero) is 1. The van der Waals surface area contributed by atoms with Crippen molar-refractivity contribution in [2.75, 3.05) is 25.6 Å². The molecule has 0 amide bonds. The van der Waals surface area contributed by atoms with E-state index in [1.165, 1.54) is 11.8 Å². The van der Waals surface area contributed by atoms with Crippen molar-refractivity contribution in [3.8, 4) is 28.7 Å². The molecule has 0 spiro atoms. The van der Waals surface area contributed by atoms with E-state index in [0.29, 0.717) is 48.0 Å². The zero-order valence-electron chi connectivity index (χ0n) is 15.9. The Morgan fingerprint density at radius 3 is 2.66 bits per heavy atom. The molecule has 7 nitrogen and oxygen atoms in total. The first-order valence-electron chi connectivity index (χ1n) is 9.35. The van der Waals surface area contributed by atoms with Crippen LogP contribution in [0.1, 0.15) is 23.7 Å². The fourth-order valence-electron chi connectivity index (χ4n) is 2.79. The molecule has 8 heteroatoms. The maximum Gasteiger partial charge on any atom is 0.277 e. The predicted octanol–water partition coefficient (Wildman–Crippen LogP) is 4.27. The quantitative estimate of drug-likeness (QED) is 0.420. The molecule has 2 heterocycles. The number of thioether (sulfide) groups is 1. The Labute approximate surface area is 172 Å². The second kappa shape index (κ2) is 9.00. The van der Waals surface area contributed by atoms with Crippen LogP contribution in [-0.4, -0.2) is 41.6 Å². The molecule has 1 aliphatic heterocycles. The third-order valence-electron chi connectivity index (χ3n) is 4.21. The molecule has 0 atom stereocenters. The highest BCUT2D eigenvalue weighted by molar-refractivity contribution is 7.99. The van der Waals surface area contributed by atoms with Gasteiger partial charge in [0.2, 0.25) is 5.89 Å². The number of hydrogen-bond donors (Lipinski definition) is 0. The normalized spacial score (nSPS) is 13.0. The monoisotopic (exact) mass is 412 g/mol. The number of aromatic nitrogens is 2. The third-order valence-corrected chi connectivity index (χ3v) is 5.03. The summed E-state index contributed by atoms with van der Waals surface area (Å²) in [6.07, 6.45) is 0.821. The van der Waals surface area contributed by atoms with Crippen LogP contribution in [0.3, 0.4) is 0 Å². The van der Waals surface area contributed by atoms with Crippen LogP contribution in [0.15, 0.2) is 52.1 Å². The van der Waals surface area contributed by atoms with E-state index >= 15 is 0 Å². The third kappa shape index (κ3) is 4.71. The van der Waals surface area contributed by atoms with E-state index in [1.54, 1.807) is 18.2 Å². The van der Waals surface area contributed by atoms with E-state index in [-0.39, 0.29) is 11.5 Å². The number of nitrogens with zero attached hydrogens (tertiary/aromatic N) is 2. The summed E-state index contributed by atoms with van der Waals surface area (Å²) in [6.45, 7) is 3.74. The number of hydrogen-bond acceptors (Lipinski definition) is 8. The van der Waals surface area contributed by atoms with Gasteiger partial charge in [-0.05, 0) is 49.4 Å². The molecule has 1 aromatic heterocycles. The number of carbonyl (C=O) groups is 1. The van der Waals surface area contributed by atoms with Crippen molar-refractivity contribution in [3.05, 3.63) is 48.0 Å². The van der Waals surface area contributed by atoms with Gasteiger partial charge in [0, 0.05) is 17.5 Å². The molecule has 0 saturated heterocycles. The molecule has 0 radical (unpaired) electrons. The maximum absolute atomic E-state index is 12.5. The summed E-state index contributed by atoms with van der Waals surface area (Å²) in [5, 5.41) is 8.42. The number of carbonyl (C=O) groups excluding carboxylic acids is 1. The van der Waals surface area contributed by atoms with Crippen LogP contribution in [0, 0.1) is 0 Å². The molecule has 0 bridgehead atoms. The van der Waals surface area contributed by atoms with Crippen molar-refractivity contribution < 1.29 is 23.4 Å². The minimum atomic E-state index is -0.0496. The molecule has 29 heavy (non-hydrogen) atoms. The average Bonchev–Trinajstić information content (AvgIpc) is 3.09. The van der Waals surface area contributed by atoms with Crippen LogP contribution in [-0.2, 0) is 0 Å². The fourth-order valence-corrected chi connectivity index (χ4v) is 3.45. The lowest BCUT2D eigenvalue weighted by molar-refractivity contribution is 0.102. The summed E-state index contributed by atoms with van der Waals surface area (Å²) in [7, 11) is 0. The van der Waals surface area contributed by atoms with Crippen molar-refractivity contribution in [2.45, 2.75) is 18.6 Å². The molecule has 0 fully saturated rings. The van der Waals surface area contributed by atoms with Crippen LogP contribution in [0.25, 0.3) is 11.5 Å². The van der Waals surface area contributed by atoms with Crippen molar-refractivity contribution in [2.24, 2.45) is 0 Å². The van der Waals surface area contributed by atoms with Crippen LogP contribution in [0.4, 0.5) is 0 Å². The van der Waals surface area contributed by atoms with Gasteiger partial charge in [0.1, 0.15) is 5.75 Å². The second-order valence-corrected chi connectivity index (χ2v) is 7.18. The van der Waals surface area contributed by atoms with Crippen LogP contribution in [0.2, 0.25) is 0 Å². The van der Waals surface area contributed by atoms with Crippen molar-refractivity contribution in [1.29, 1.82) is 0 Å². The Balaban J connectivity index is 1.38. The Bertz CT molecular complexity index is 987. The van der Waals surface area contributed by atoms with E-state index in [9.17, 15) is 4.79 Å². The minimum absolute atomic E-state index is 0.0496. The van der Waals surface area contributed by atoms with Gasteiger partial charge in [0.15, 0.2) is 17.3 Å². The van der Waals surface area contributed by atoms with Gasteiger partial charge in [0.05, 0.1) is 25.6 Å². The lowest BCUT2D eigenvalue weighted by Crippen LogP contribution is -2.03. The second-order valence-electron chi connectivity index (χ2n) is 6.25. The predicted molar refractivity (Wildman–Crippen MR) is 108 cm³/mol. The molecule has 0 saturated carbocycles. The summed E-state index contributed by atoms with van der Waals surface area (Å²) in [4.78, 5) is 12.5. The van der Waals surface area contributed by atoms with Crippen LogP contribution < -0.4 is 14.2 Å². The lowest BCUT2D eigenvalue weighted by Gasteiger charge is -2.08. The number of benzene rings is 2. The van der Waals surface area contributed by atoms with Gasteiger partial charge in [-0.15, -0.1) is 10.2 Å². The van der Waals surface area contributed by atoms with Crippen LogP contribution >= 0.6 is 11.8 Å². The maximum atomic E-state index is 12.5. The van der Waals surface area contributed by atoms with Gasteiger partial charge in [-0.3, -0.25) is 4.79 Å². The van der Waals surface area contributed by atoms with E-state index in [2.05, 4.69) is 10.2 Å².